The van der Waals surface area contributed by atoms with Crippen LogP contribution in [0, 0.1) is 5.92 Å². The van der Waals surface area contributed by atoms with E-state index in [-0.39, 0.29) is 18.7 Å². The van der Waals surface area contributed by atoms with Crippen LogP contribution in [0.1, 0.15) is 54.1 Å². The number of carbonyl (C=O) groups is 2. The molecule has 0 heterocycles. The van der Waals surface area contributed by atoms with Crippen molar-refractivity contribution in [2.45, 2.75) is 45.1 Å². The number of benzene rings is 2. The molecule has 0 aromatic heterocycles. The molecular formula is C25H30N2O4. The molecule has 0 atom stereocenters. The molecule has 2 aromatic carbocycles. The molecule has 0 radical (unpaired) electrons. The van der Waals surface area contributed by atoms with Gasteiger partial charge in [0.05, 0.1) is 12.2 Å². The molecule has 3 rings (SSSR count). The average Bonchev–Trinajstić information content (AvgIpc) is 2.76. The first-order chi connectivity index (χ1) is 14.9. The molecule has 0 spiro atoms. The van der Waals surface area contributed by atoms with E-state index in [0.29, 0.717) is 29.3 Å². The Morgan fingerprint density at radius 2 is 1.74 bits per heavy atom. The predicted octanol–water partition coefficient (Wildman–Crippen LogP) is 4.39. The van der Waals surface area contributed by atoms with E-state index in [9.17, 15) is 9.59 Å². The van der Waals surface area contributed by atoms with Crippen LogP contribution in [0.25, 0.3) is 6.08 Å². The first kappa shape index (κ1) is 22.4. The van der Waals surface area contributed by atoms with Gasteiger partial charge in [-0.3, -0.25) is 0 Å². The van der Waals surface area contributed by atoms with E-state index in [1.165, 1.54) is 6.08 Å². The zero-order valence-corrected chi connectivity index (χ0v) is 17.9. The van der Waals surface area contributed by atoms with Crippen LogP contribution in [0.4, 0.5) is 11.4 Å². The normalized spacial score (nSPS) is 18.6. The van der Waals surface area contributed by atoms with Gasteiger partial charge < -0.3 is 20.9 Å². The zero-order chi connectivity index (χ0) is 22.2. The first-order valence-corrected chi connectivity index (χ1v) is 10.7. The summed E-state index contributed by atoms with van der Waals surface area (Å²) in [5.74, 6) is -0.0317. The highest BCUT2D eigenvalue weighted by atomic mass is 16.5. The molecule has 1 aliphatic carbocycles. The molecular weight excluding hydrogens is 392 g/mol. The van der Waals surface area contributed by atoms with Crippen LogP contribution in [0.2, 0.25) is 0 Å². The third kappa shape index (κ3) is 6.88. The molecule has 0 unspecified atom stereocenters. The van der Waals surface area contributed by atoms with Gasteiger partial charge in [0.15, 0.2) is 0 Å². The number of hydrogen-bond donors (Lipinski definition) is 2. The maximum absolute atomic E-state index is 12.3. The van der Waals surface area contributed by atoms with E-state index < -0.39 is 5.97 Å². The number of ether oxygens (including phenoxy) is 2. The molecule has 4 N–H and O–H groups in total. The number of nitrogen functional groups attached to an aromatic ring is 2. The first-order valence-electron chi connectivity index (χ1n) is 10.7. The molecule has 1 aliphatic rings. The highest BCUT2D eigenvalue weighted by Crippen LogP contribution is 2.26. The largest absolute Gasteiger partial charge is 0.462 e. The van der Waals surface area contributed by atoms with Gasteiger partial charge in [-0.2, -0.15) is 0 Å². The van der Waals surface area contributed by atoms with Crippen molar-refractivity contribution < 1.29 is 19.1 Å². The van der Waals surface area contributed by atoms with Crippen molar-refractivity contribution in [3.05, 3.63) is 65.2 Å². The third-order valence-corrected chi connectivity index (χ3v) is 5.58. The highest BCUT2D eigenvalue weighted by molar-refractivity contribution is 5.90. The van der Waals surface area contributed by atoms with E-state index in [1.54, 1.807) is 48.5 Å². The van der Waals surface area contributed by atoms with Gasteiger partial charge in [0.2, 0.25) is 0 Å². The number of esters is 2. The fourth-order valence-electron chi connectivity index (χ4n) is 3.61. The number of nitrogens with two attached hydrogens (primary N) is 2. The molecule has 0 bridgehead atoms. The van der Waals surface area contributed by atoms with Crippen LogP contribution in [0.5, 0.6) is 0 Å². The minimum absolute atomic E-state index is 0.0146. The summed E-state index contributed by atoms with van der Waals surface area (Å²) in [5, 5.41) is 0. The number of hydrogen-bond acceptors (Lipinski definition) is 6. The molecule has 6 nitrogen and oxygen atoms in total. The van der Waals surface area contributed by atoms with Crippen molar-refractivity contribution in [1.82, 2.24) is 0 Å². The molecule has 1 saturated carbocycles. The summed E-state index contributed by atoms with van der Waals surface area (Å²) in [6.45, 7) is 2.44. The Hall–Kier alpha value is -3.28. The number of rotatable bonds is 7. The fraction of sp³-hybridized carbons (Fsp3) is 0.360. The van der Waals surface area contributed by atoms with Crippen LogP contribution in [-0.2, 0) is 20.7 Å². The molecule has 1 fully saturated rings. The summed E-state index contributed by atoms with van der Waals surface area (Å²) >= 11 is 0. The Bertz CT molecular complexity index is 929. The molecule has 31 heavy (non-hydrogen) atoms. The fourth-order valence-corrected chi connectivity index (χ4v) is 3.61. The summed E-state index contributed by atoms with van der Waals surface area (Å²) in [4.78, 5) is 24.3. The van der Waals surface area contributed by atoms with Crippen LogP contribution >= 0.6 is 0 Å². The Balaban J connectivity index is 1.44. The Morgan fingerprint density at radius 3 is 2.45 bits per heavy atom. The quantitative estimate of drug-likeness (QED) is 0.390. The molecule has 0 amide bonds. The molecule has 164 valence electrons. The van der Waals surface area contributed by atoms with Crippen molar-refractivity contribution in [3.8, 4) is 0 Å². The Kier molecular flexibility index (Phi) is 7.70. The maximum Gasteiger partial charge on any atom is 0.338 e. The van der Waals surface area contributed by atoms with Gasteiger partial charge in [0.1, 0.15) is 6.10 Å². The van der Waals surface area contributed by atoms with Crippen LogP contribution in [0.3, 0.4) is 0 Å². The van der Waals surface area contributed by atoms with Crippen LogP contribution in [-0.4, -0.2) is 24.6 Å². The lowest BCUT2D eigenvalue weighted by Crippen LogP contribution is -2.23. The monoisotopic (exact) mass is 422 g/mol. The summed E-state index contributed by atoms with van der Waals surface area (Å²) in [7, 11) is 0. The maximum atomic E-state index is 12.3. The highest BCUT2D eigenvalue weighted by Gasteiger charge is 2.22. The third-order valence-electron chi connectivity index (χ3n) is 5.58. The van der Waals surface area contributed by atoms with Gasteiger partial charge in [0, 0.05) is 23.9 Å². The second kappa shape index (κ2) is 10.7. The minimum atomic E-state index is -0.447. The second-order valence-electron chi connectivity index (χ2n) is 8.12. The van der Waals surface area contributed by atoms with Gasteiger partial charge in [0.25, 0.3) is 0 Å². The van der Waals surface area contributed by atoms with Gasteiger partial charge in [-0.25, -0.2) is 9.59 Å². The van der Waals surface area contributed by atoms with Crippen molar-refractivity contribution in [3.63, 3.8) is 0 Å². The minimum Gasteiger partial charge on any atom is -0.462 e. The molecule has 6 heteroatoms. The van der Waals surface area contributed by atoms with Gasteiger partial charge >= 0.3 is 11.9 Å². The summed E-state index contributed by atoms with van der Waals surface area (Å²) in [6.07, 6.45) is 7.58. The second-order valence-corrected chi connectivity index (χ2v) is 8.12. The Labute approximate surface area is 183 Å². The van der Waals surface area contributed by atoms with Gasteiger partial charge in [-0.05, 0) is 79.1 Å². The predicted molar refractivity (Wildman–Crippen MR) is 122 cm³/mol. The van der Waals surface area contributed by atoms with Crippen molar-refractivity contribution in [2.24, 2.45) is 5.92 Å². The smallest absolute Gasteiger partial charge is 0.338 e. The molecule has 0 saturated heterocycles. The zero-order valence-electron chi connectivity index (χ0n) is 17.9. The average molecular weight is 423 g/mol. The summed E-state index contributed by atoms with van der Waals surface area (Å²) in [5.41, 5.74) is 15.0. The lowest BCUT2D eigenvalue weighted by Gasteiger charge is -2.25. The van der Waals surface area contributed by atoms with Crippen molar-refractivity contribution in [2.75, 3.05) is 18.1 Å². The standard InChI is InChI=1S/C25H30N2O4/c1-17-2-10-22(11-3-17)31-25(29)19-7-4-18(5-8-19)6-13-24(28)30-15-14-20-16-21(26)9-12-23(20)27/h4-9,12-13,16-17,22H,2-3,10-11,14-15,26-27H2,1H3. The van der Waals surface area contributed by atoms with Crippen molar-refractivity contribution in [1.29, 1.82) is 0 Å². The van der Waals surface area contributed by atoms with E-state index in [4.69, 9.17) is 20.9 Å². The van der Waals surface area contributed by atoms with Crippen LogP contribution in [0.15, 0.2) is 48.5 Å². The van der Waals surface area contributed by atoms with E-state index in [1.807, 2.05) is 0 Å². The number of anilines is 2. The van der Waals surface area contributed by atoms with Crippen LogP contribution < -0.4 is 11.5 Å². The van der Waals surface area contributed by atoms with E-state index in [0.717, 1.165) is 36.8 Å². The Morgan fingerprint density at radius 1 is 1.03 bits per heavy atom. The lowest BCUT2D eigenvalue weighted by atomic mass is 9.89. The SMILES string of the molecule is CC1CCC(OC(=O)c2ccc(C=CC(=O)OCCc3cc(N)ccc3N)cc2)CC1. The molecule has 0 aliphatic heterocycles. The topological polar surface area (TPSA) is 105 Å². The lowest BCUT2D eigenvalue weighted by molar-refractivity contribution is -0.137. The summed E-state index contributed by atoms with van der Waals surface area (Å²) < 4.78 is 10.8. The van der Waals surface area contributed by atoms with E-state index in [2.05, 4.69) is 6.92 Å². The van der Waals surface area contributed by atoms with Crippen molar-refractivity contribution >= 4 is 29.4 Å². The van der Waals surface area contributed by atoms with Gasteiger partial charge in [-0.1, -0.05) is 19.1 Å². The number of carbonyl (C=O) groups excluding carboxylic acids is 2. The molecule has 2 aromatic rings. The van der Waals surface area contributed by atoms with Gasteiger partial charge in [-0.15, -0.1) is 0 Å². The van der Waals surface area contributed by atoms with E-state index >= 15 is 0 Å². The summed E-state index contributed by atoms with van der Waals surface area (Å²) in [6, 6.07) is 12.2.